The molecule has 0 spiro atoms. The van der Waals surface area contributed by atoms with Gasteiger partial charge in [-0.3, -0.25) is 4.79 Å². The van der Waals surface area contributed by atoms with E-state index in [0.29, 0.717) is 36.5 Å². The average Bonchev–Trinajstić information content (AvgIpc) is 2.99. The number of rotatable bonds is 14. The predicted molar refractivity (Wildman–Crippen MR) is 173 cm³/mol. The van der Waals surface area contributed by atoms with E-state index in [1.807, 2.05) is 12.1 Å². The fraction of sp³-hybridized carbons (Fsp3) is 0.457. The molecule has 11 heteroatoms. The molecule has 0 bridgehead atoms. The highest BCUT2D eigenvalue weighted by Gasteiger charge is 2.33. The first-order valence-electron chi connectivity index (χ1n) is 15.7. The first-order chi connectivity index (χ1) is 21.7. The Morgan fingerprint density at radius 2 is 1.65 bits per heavy atom. The van der Waals surface area contributed by atoms with Gasteiger partial charge in [0.15, 0.2) is 0 Å². The Labute approximate surface area is 270 Å². The standard InChI is InChI=1S/C35H44F3N3O4S/c1-24(2)22-41(23-25(3)4)17-15-26-13-14-30-31(16-18-45-33(30)19-26)39-34(42)21-32(27-9-6-5-7-10-27)40-46(43,44)29-12-8-11-28(20-29)35(36,37)38/h5-14,19-20,24-25,31-32,40H,15-18,21-23H2,1-4H3,(H,39,42). The van der Waals surface area contributed by atoms with Crippen molar-refractivity contribution in [1.82, 2.24) is 14.9 Å². The molecule has 0 aromatic heterocycles. The zero-order valence-electron chi connectivity index (χ0n) is 26.8. The summed E-state index contributed by atoms with van der Waals surface area (Å²) in [6.07, 6.45) is -3.54. The van der Waals surface area contributed by atoms with Crippen LogP contribution in [0.3, 0.4) is 0 Å². The Bertz CT molecular complexity index is 1550. The fourth-order valence-electron chi connectivity index (χ4n) is 5.76. The lowest BCUT2D eigenvalue weighted by molar-refractivity contribution is -0.137. The van der Waals surface area contributed by atoms with Gasteiger partial charge in [0, 0.05) is 38.0 Å². The Balaban J connectivity index is 1.46. The summed E-state index contributed by atoms with van der Waals surface area (Å²) in [7, 11) is -4.40. The molecule has 1 aliphatic rings. The third kappa shape index (κ3) is 10.0. The maximum atomic E-state index is 13.4. The number of alkyl halides is 3. The van der Waals surface area contributed by atoms with Crippen LogP contribution in [-0.2, 0) is 27.4 Å². The van der Waals surface area contributed by atoms with E-state index < -0.39 is 38.6 Å². The molecule has 7 nitrogen and oxygen atoms in total. The molecule has 0 fully saturated rings. The van der Waals surface area contributed by atoms with Crippen LogP contribution in [0.25, 0.3) is 0 Å². The van der Waals surface area contributed by atoms with Crippen LogP contribution in [0.15, 0.2) is 77.7 Å². The summed E-state index contributed by atoms with van der Waals surface area (Å²) in [5.41, 5.74) is 1.44. The number of ether oxygens (including phenoxy) is 1. The third-order valence-electron chi connectivity index (χ3n) is 7.78. The smallest absolute Gasteiger partial charge is 0.416 e. The van der Waals surface area contributed by atoms with Crippen LogP contribution in [0.5, 0.6) is 5.75 Å². The van der Waals surface area contributed by atoms with Gasteiger partial charge in [0.05, 0.1) is 29.1 Å². The van der Waals surface area contributed by atoms with E-state index in [9.17, 15) is 26.4 Å². The summed E-state index contributed by atoms with van der Waals surface area (Å²) in [5.74, 6) is 1.47. The number of nitrogens with one attached hydrogen (secondary N) is 2. The first-order valence-corrected chi connectivity index (χ1v) is 17.2. The molecule has 2 unspecified atom stereocenters. The lowest BCUT2D eigenvalue weighted by atomic mass is 9.97. The SMILES string of the molecule is CC(C)CN(CCc1ccc2c(c1)OCCC2NC(=O)CC(NS(=O)(=O)c1cccc(C(F)(F)F)c1)c1ccccc1)CC(C)C. The first kappa shape index (κ1) is 35.4. The molecule has 2 N–H and O–H groups in total. The van der Waals surface area contributed by atoms with Crippen LogP contribution < -0.4 is 14.8 Å². The molecule has 1 amide bonds. The molecular weight excluding hydrogens is 615 g/mol. The molecule has 3 aromatic carbocycles. The Kier molecular flexibility index (Phi) is 11.9. The Hall–Kier alpha value is -3.41. The van der Waals surface area contributed by atoms with Gasteiger partial charge in [0.1, 0.15) is 5.75 Å². The second kappa shape index (κ2) is 15.5. The zero-order chi connectivity index (χ0) is 33.5. The van der Waals surface area contributed by atoms with E-state index in [-0.39, 0.29) is 12.5 Å². The van der Waals surface area contributed by atoms with Gasteiger partial charge in [-0.15, -0.1) is 0 Å². The van der Waals surface area contributed by atoms with Crippen LogP contribution in [0, 0.1) is 11.8 Å². The monoisotopic (exact) mass is 659 g/mol. The van der Waals surface area contributed by atoms with Crippen molar-refractivity contribution in [2.24, 2.45) is 11.8 Å². The number of amides is 1. The minimum Gasteiger partial charge on any atom is -0.493 e. The van der Waals surface area contributed by atoms with Crippen molar-refractivity contribution in [1.29, 1.82) is 0 Å². The minimum atomic E-state index is -4.70. The van der Waals surface area contributed by atoms with Crippen LogP contribution in [-0.4, -0.2) is 45.5 Å². The fourth-order valence-corrected chi connectivity index (χ4v) is 7.03. The van der Waals surface area contributed by atoms with Gasteiger partial charge in [0.2, 0.25) is 15.9 Å². The van der Waals surface area contributed by atoms with Gasteiger partial charge in [-0.25, -0.2) is 13.1 Å². The van der Waals surface area contributed by atoms with Gasteiger partial charge < -0.3 is 15.0 Å². The number of hydrogen-bond acceptors (Lipinski definition) is 5. The summed E-state index contributed by atoms with van der Waals surface area (Å²) in [4.78, 5) is 15.3. The van der Waals surface area contributed by atoms with Crippen LogP contribution in [0.4, 0.5) is 13.2 Å². The van der Waals surface area contributed by atoms with Crippen molar-refractivity contribution in [2.75, 3.05) is 26.2 Å². The summed E-state index contributed by atoms with van der Waals surface area (Å²) in [6, 6.07) is 16.8. The van der Waals surface area contributed by atoms with Crippen molar-refractivity contribution in [2.45, 2.75) is 70.1 Å². The number of carbonyl (C=O) groups is 1. The van der Waals surface area contributed by atoms with Crippen molar-refractivity contribution < 1.29 is 31.1 Å². The van der Waals surface area contributed by atoms with E-state index in [2.05, 4.69) is 48.7 Å². The highest BCUT2D eigenvalue weighted by atomic mass is 32.2. The third-order valence-corrected chi connectivity index (χ3v) is 9.25. The second-order valence-electron chi connectivity index (χ2n) is 12.7. The molecule has 250 valence electrons. The predicted octanol–water partition coefficient (Wildman–Crippen LogP) is 6.91. The lowest BCUT2D eigenvalue weighted by Crippen LogP contribution is -2.36. The summed E-state index contributed by atoms with van der Waals surface area (Å²) >= 11 is 0. The highest BCUT2D eigenvalue weighted by Crippen LogP contribution is 2.34. The van der Waals surface area contributed by atoms with Gasteiger partial charge in [-0.1, -0.05) is 76.2 Å². The summed E-state index contributed by atoms with van der Waals surface area (Å²) in [6.45, 7) is 12.3. The Morgan fingerprint density at radius 3 is 2.30 bits per heavy atom. The van der Waals surface area contributed by atoms with Gasteiger partial charge in [-0.05, 0) is 53.6 Å². The quantitative estimate of drug-likeness (QED) is 0.196. The van der Waals surface area contributed by atoms with E-state index in [1.54, 1.807) is 30.3 Å². The molecule has 0 saturated carbocycles. The number of nitrogens with zero attached hydrogens (tertiary/aromatic N) is 1. The van der Waals surface area contributed by atoms with E-state index in [1.165, 1.54) is 0 Å². The Morgan fingerprint density at radius 1 is 0.957 bits per heavy atom. The second-order valence-corrected chi connectivity index (χ2v) is 14.5. The molecule has 46 heavy (non-hydrogen) atoms. The number of sulfonamides is 1. The maximum Gasteiger partial charge on any atom is 0.416 e. The lowest BCUT2D eigenvalue weighted by Gasteiger charge is -2.29. The van der Waals surface area contributed by atoms with Crippen LogP contribution in [0.1, 0.15) is 74.9 Å². The normalized spacial score (nSPS) is 15.9. The van der Waals surface area contributed by atoms with Crippen molar-refractivity contribution in [3.05, 3.63) is 95.1 Å². The van der Waals surface area contributed by atoms with Crippen molar-refractivity contribution >= 4 is 15.9 Å². The number of halogens is 3. The van der Waals surface area contributed by atoms with Gasteiger partial charge >= 0.3 is 6.18 Å². The molecular formula is C35H44F3N3O4S. The number of carbonyl (C=O) groups excluding carboxylic acids is 1. The highest BCUT2D eigenvalue weighted by molar-refractivity contribution is 7.89. The van der Waals surface area contributed by atoms with Crippen molar-refractivity contribution in [3.8, 4) is 5.75 Å². The molecule has 4 rings (SSSR count). The van der Waals surface area contributed by atoms with Crippen molar-refractivity contribution in [3.63, 3.8) is 0 Å². The molecule has 1 heterocycles. The van der Waals surface area contributed by atoms with Crippen LogP contribution >= 0.6 is 0 Å². The molecule has 0 aliphatic carbocycles. The van der Waals surface area contributed by atoms with E-state index >= 15 is 0 Å². The zero-order valence-corrected chi connectivity index (χ0v) is 27.6. The molecule has 0 saturated heterocycles. The molecule has 0 radical (unpaired) electrons. The number of benzene rings is 3. The molecule has 1 aliphatic heterocycles. The van der Waals surface area contributed by atoms with E-state index in [0.717, 1.165) is 61.1 Å². The topological polar surface area (TPSA) is 87.7 Å². The number of hydrogen-bond donors (Lipinski definition) is 2. The van der Waals surface area contributed by atoms with Gasteiger partial charge in [0.25, 0.3) is 0 Å². The average molecular weight is 660 g/mol. The minimum absolute atomic E-state index is 0.255. The molecule has 2 atom stereocenters. The summed E-state index contributed by atoms with van der Waals surface area (Å²) < 4.78 is 74.7. The molecule has 3 aromatic rings. The maximum absolute atomic E-state index is 13.4. The van der Waals surface area contributed by atoms with Gasteiger partial charge in [-0.2, -0.15) is 13.2 Å². The summed E-state index contributed by atoms with van der Waals surface area (Å²) in [5, 5.41) is 3.03. The van der Waals surface area contributed by atoms with Crippen LogP contribution in [0.2, 0.25) is 0 Å². The largest absolute Gasteiger partial charge is 0.493 e. The number of fused-ring (bicyclic) bond motifs is 1. The van der Waals surface area contributed by atoms with E-state index in [4.69, 9.17) is 4.74 Å².